The average Bonchev–Trinajstić information content (AvgIpc) is 2.82. The molecule has 0 radical (unpaired) electrons. The number of hydrogen-bond donors (Lipinski definition) is 2. The van der Waals surface area contributed by atoms with E-state index in [1.165, 1.54) is 6.07 Å². The van der Waals surface area contributed by atoms with E-state index in [9.17, 15) is 5.11 Å². The maximum Gasteiger partial charge on any atom is 0.222 e. The second-order valence-electron chi connectivity index (χ2n) is 6.14. The van der Waals surface area contributed by atoms with Gasteiger partial charge in [0.25, 0.3) is 0 Å². The number of aryl methyl sites for hydroxylation is 1. The molecule has 1 fully saturated rings. The fraction of sp³-hybridized carbons (Fsp3) is 0.444. The Kier molecular flexibility index (Phi) is 5.68. The average molecular weight is 379 g/mol. The van der Waals surface area contributed by atoms with Crippen LogP contribution in [0.25, 0.3) is 0 Å². The summed E-state index contributed by atoms with van der Waals surface area (Å²) in [7, 11) is 0. The van der Waals surface area contributed by atoms with Crippen LogP contribution in [0.1, 0.15) is 30.6 Å². The van der Waals surface area contributed by atoms with Gasteiger partial charge in [0.2, 0.25) is 5.95 Å². The number of phenolic OH excluding ortho intramolecular Hbond substituents is 1. The lowest BCUT2D eigenvalue weighted by molar-refractivity contribution is 0.134. The van der Waals surface area contributed by atoms with Crippen LogP contribution < -0.4 is 15.4 Å². The van der Waals surface area contributed by atoms with Crippen molar-refractivity contribution >= 4 is 23.4 Å². The van der Waals surface area contributed by atoms with Crippen molar-refractivity contribution < 1.29 is 14.6 Å². The van der Waals surface area contributed by atoms with Crippen LogP contribution in [-0.2, 0) is 4.74 Å². The zero-order valence-corrected chi connectivity index (χ0v) is 15.7. The molecule has 1 aromatic heterocycles. The lowest BCUT2D eigenvalue weighted by Crippen LogP contribution is -2.32. The highest BCUT2D eigenvalue weighted by atomic mass is 35.5. The van der Waals surface area contributed by atoms with Crippen LogP contribution in [0.4, 0.5) is 11.8 Å². The van der Waals surface area contributed by atoms with Crippen molar-refractivity contribution in [1.82, 2.24) is 9.97 Å². The van der Waals surface area contributed by atoms with Crippen molar-refractivity contribution in [2.75, 3.05) is 37.0 Å². The van der Waals surface area contributed by atoms with Crippen molar-refractivity contribution in [1.29, 1.82) is 0 Å². The topological polar surface area (TPSA) is 93.7 Å². The number of nitrogen functional groups attached to an aromatic ring is 1. The first-order valence-electron chi connectivity index (χ1n) is 8.60. The van der Waals surface area contributed by atoms with Gasteiger partial charge in [-0.3, -0.25) is 0 Å². The molecule has 0 spiro atoms. The molecular weight excluding hydrogens is 356 g/mol. The highest BCUT2D eigenvalue weighted by molar-refractivity contribution is 6.31. The van der Waals surface area contributed by atoms with E-state index in [1.54, 1.807) is 6.07 Å². The number of ether oxygens (including phenoxy) is 2. The van der Waals surface area contributed by atoms with E-state index in [1.807, 2.05) is 19.9 Å². The van der Waals surface area contributed by atoms with E-state index in [0.717, 1.165) is 30.0 Å². The largest absolute Gasteiger partial charge is 0.504 e. The van der Waals surface area contributed by atoms with Crippen LogP contribution in [0, 0.1) is 6.92 Å². The van der Waals surface area contributed by atoms with Crippen molar-refractivity contribution in [2.45, 2.75) is 26.3 Å². The number of nitrogens with zero attached hydrogens (tertiary/aromatic N) is 3. The molecule has 0 saturated carbocycles. The third kappa shape index (κ3) is 3.94. The smallest absolute Gasteiger partial charge is 0.222 e. The number of aromatic hydroxyl groups is 1. The Morgan fingerprint density at radius 2 is 2.19 bits per heavy atom. The fourth-order valence-corrected chi connectivity index (χ4v) is 3.40. The lowest BCUT2D eigenvalue weighted by Gasteiger charge is -2.31. The summed E-state index contributed by atoms with van der Waals surface area (Å²) < 4.78 is 11.3. The fourth-order valence-electron chi connectivity index (χ4n) is 3.12. The monoisotopic (exact) mass is 378 g/mol. The minimum atomic E-state index is -0.182. The van der Waals surface area contributed by atoms with Gasteiger partial charge in [0.1, 0.15) is 5.82 Å². The molecule has 1 aliphatic rings. The molecule has 0 aliphatic carbocycles. The second-order valence-corrected chi connectivity index (χ2v) is 6.55. The Hall–Kier alpha value is -2.25. The quantitative estimate of drug-likeness (QED) is 0.844. The van der Waals surface area contributed by atoms with Gasteiger partial charge in [-0.05, 0) is 31.9 Å². The van der Waals surface area contributed by atoms with Crippen molar-refractivity contribution in [3.63, 3.8) is 0 Å². The van der Waals surface area contributed by atoms with E-state index in [-0.39, 0.29) is 17.7 Å². The molecule has 7 nitrogen and oxygen atoms in total. The maximum absolute atomic E-state index is 10.1. The van der Waals surface area contributed by atoms with Gasteiger partial charge in [-0.15, -0.1) is 0 Å². The number of phenols is 1. The molecule has 140 valence electrons. The summed E-state index contributed by atoms with van der Waals surface area (Å²) in [6, 6.07) is 4.99. The SMILES string of the molecule is CCOc1cc(C2COCCCN2c2cc(C)nc(N)n2)c(Cl)cc1O. The summed E-state index contributed by atoms with van der Waals surface area (Å²) in [4.78, 5) is 10.7. The molecule has 3 N–H and O–H groups in total. The molecule has 0 amide bonds. The minimum absolute atomic E-state index is 0.0174. The number of nitrogens with two attached hydrogens (primary N) is 1. The molecule has 2 aromatic rings. The first-order chi connectivity index (χ1) is 12.5. The Morgan fingerprint density at radius 1 is 1.38 bits per heavy atom. The van der Waals surface area contributed by atoms with Gasteiger partial charge >= 0.3 is 0 Å². The van der Waals surface area contributed by atoms with Crippen LogP contribution in [0.3, 0.4) is 0 Å². The summed E-state index contributed by atoms with van der Waals surface area (Å²) >= 11 is 6.45. The van der Waals surface area contributed by atoms with Crippen LogP contribution in [0.15, 0.2) is 18.2 Å². The lowest BCUT2D eigenvalue weighted by atomic mass is 10.0. The first-order valence-corrected chi connectivity index (χ1v) is 8.98. The van der Waals surface area contributed by atoms with Crippen molar-refractivity contribution in [3.8, 4) is 11.5 Å². The third-order valence-electron chi connectivity index (χ3n) is 4.23. The maximum atomic E-state index is 10.1. The van der Waals surface area contributed by atoms with Gasteiger partial charge in [0.15, 0.2) is 11.5 Å². The zero-order chi connectivity index (χ0) is 18.7. The van der Waals surface area contributed by atoms with Gasteiger partial charge in [0.05, 0.1) is 19.3 Å². The molecule has 1 aromatic carbocycles. The number of anilines is 2. The molecule has 1 saturated heterocycles. The summed E-state index contributed by atoms with van der Waals surface area (Å²) in [5.41, 5.74) is 7.45. The normalized spacial score (nSPS) is 17.8. The summed E-state index contributed by atoms with van der Waals surface area (Å²) in [6.07, 6.45) is 0.855. The molecule has 0 bridgehead atoms. The highest BCUT2D eigenvalue weighted by Gasteiger charge is 2.28. The molecule has 8 heteroatoms. The van der Waals surface area contributed by atoms with Gasteiger partial charge < -0.3 is 25.2 Å². The van der Waals surface area contributed by atoms with Gasteiger partial charge in [-0.2, -0.15) is 4.98 Å². The molecule has 1 unspecified atom stereocenters. The van der Waals surface area contributed by atoms with Crippen LogP contribution in [0.2, 0.25) is 5.02 Å². The summed E-state index contributed by atoms with van der Waals surface area (Å²) in [5, 5.41) is 10.5. The van der Waals surface area contributed by atoms with Gasteiger partial charge in [-0.1, -0.05) is 11.6 Å². The van der Waals surface area contributed by atoms with E-state index in [4.69, 9.17) is 26.8 Å². The molecule has 1 atom stereocenters. The molecular formula is C18H23ClN4O3. The van der Waals surface area contributed by atoms with Crippen molar-refractivity contribution in [3.05, 3.63) is 34.5 Å². The number of hydrogen-bond acceptors (Lipinski definition) is 7. The standard InChI is InChI=1S/C18H23ClN4O3/c1-3-26-16-8-12(13(19)9-15(16)24)14-10-25-6-4-5-23(14)17-7-11(2)21-18(20)22-17/h7-9,14,24H,3-6,10H2,1-2H3,(H2,20,21,22). The predicted molar refractivity (Wildman–Crippen MR) is 101 cm³/mol. The Bertz CT molecular complexity index is 767. The van der Waals surface area contributed by atoms with Crippen LogP contribution in [-0.4, -0.2) is 41.4 Å². The van der Waals surface area contributed by atoms with Crippen molar-refractivity contribution in [2.24, 2.45) is 0 Å². The van der Waals surface area contributed by atoms with E-state index in [0.29, 0.717) is 30.6 Å². The molecule has 1 aliphatic heterocycles. The Balaban J connectivity index is 2.06. The Morgan fingerprint density at radius 3 is 2.92 bits per heavy atom. The number of halogens is 1. The third-order valence-corrected chi connectivity index (χ3v) is 4.56. The predicted octanol–water partition coefficient (Wildman–Crippen LogP) is 3.09. The van der Waals surface area contributed by atoms with Crippen LogP contribution in [0.5, 0.6) is 11.5 Å². The minimum Gasteiger partial charge on any atom is -0.504 e. The number of rotatable bonds is 4. The summed E-state index contributed by atoms with van der Waals surface area (Å²) in [5.74, 6) is 1.38. The number of benzene rings is 1. The van der Waals surface area contributed by atoms with E-state index in [2.05, 4.69) is 14.9 Å². The van der Waals surface area contributed by atoms with E-state index < -0.39 is 0 Å². The summed E-state index contributed by atoms with van der Waals surface area (Å²) in [6.45, 7) is 6.02. The molecule has 2 heterocycles. The highest BCUT2D eigenvalue weighted by Crippen LogP contribution is 2.39. The molecule has 26 heavy (non-hydrogen) atoms. The first kappa shape index (κ1) is 18.5. The zero-order valence-electron chi connectivity index (χ0n) is 14.9. The Labute approximate surface area is 157 Å². The van der Waals surface area contributed by atoms with Gasteiger partial charge in [0, 0.05) is 36.0 Å². The second kappa shape index (κ2) is 7.97. The van der Waals surface area contributed by atoms with E-state index >= 15 is 0 Å². The van der Waals surface area contributed by atoms with Gasteiger partial charge in [-0.25, -0.2) is 4.98 Å². The van der Waals surface area contributed by atoms with Crippen LogP contribution >= 0.6 is 11.6 Å². The number of aromatic nitrogens is 2. The molecule has 3 rings (SSSR count).